The zero-order valence-electron chi connectivity index (χ0n) is 19.6. The highest BCUT2D eigenvalue weighted by Crippen LogP contribution is 2.27. The maximum atomic E-state index is 13.6. The Kier molecular flexibility index (Phi) is 6.27. The molecule has 3 aromatic carbocycles. The fourth-order valence-electron chi connectivity index (χ4n) is 3.84. The molecule has 0 saturated heterocycles. The summed E-state index contributed by atoms with van der Waals surface area (Å²) in [7, 11) is 0. The summed E-state index contributed by atoms with van der Waals surface area (Å²) in [6, 6.07) is 18.3. The van der Waals surface area contributed by atoms with Crippen LogP contribution in [0.2, 0.25) is 0 Å². The summed E-state index contributed by atoms with van der Waals surface area (Å²) in [5.74, 6) is -0.571. The summed E-state index contributed by atoms with van der Waals surface area (Å²) in [5, 5.41) is 5.65. The monoisotopic (exact) mass is 454 g/mol. The number of anilines is 2. The van der Waals surface area contributed by atoms with Gasteiger partial charge in [0.25, 0.3) is 5.56 Å². The van der Waals surface area contributed by atoms with Gasteiger partial charge in [0.1, 0.15) is 12.2 Å². The van der Waals surface area contributed by atoms with Crippen molar-refractivity contribution in [3.05, 3.63) is 87.7 Å². The first kappa shape index (κ1) is 22.9. The van der Waals surface area contributed by atoms with Crippen LogP contribution in [0.15, 0.2) is 65.5 Å². The third-order valence-electron chi connectivity index (χ3n) is 5.69. The molecular formula is C27H26N4O3. The van der Waals surface area contributed by atoms with Crippen LogP contribution in [0.1, 0.15) is 23.6 Å². The SMILES string of the molecule is CC(=O)Nc1ccc(C)cc1-c1nc2ccccc2n(CC(=O)Nc2ccc(C)c(C)c2)c1=O. The molecule has 7 heteroatoms. The van der Waals surface area contributed by atoms with Crippen LogP contribution in [-0.2, 0) is 16.1 Å². The number of hydrogen-bond donors (Lipinski definition) is 2. The van der Waals surface area contributed by atoms with E-state index < -0.39 is 5.56 Å². The van der Waals surface area contributed by atoms with Gasteiger partial charge in [-0.1, -0.05) is 29.8 Å². The fourth-order valence-corrected chi connectivity index (χ4v) is 3.84. The summed E-state index contributed by atoms with van der Waals surface area (Å²) in [6.45, 7) is 7.12. The van der Waals surface area contributed by atoms with Crippen LogP contribution < -0.4 is 16.2 Å². The van der Waals surface area contributed by atoms with Gasteiger partial charge in [0.15, 0.2) is 0 Å². The van der Waals surface area contributed by atoms with Crippen molar-refractivity contribution in [2.24, 2.45) is 0 Å². The molecule has 2 N–H and O–H groups in total. The molecule has 34 heavy (non-hydrogen) atoms. The molecule has 4 aromatic rings. The summed E-state index contributed by atoms with van der Waals surface area (Å²) in [6.07, 6.45) is 0. The van der Waals surface area contributed by atoms with E-state index in [2.05, 4.69) is 15.6 Å². The lowest BCUT2D eigenvalue weighted by Crippen LogP contribution is -2.30. The van der Waals surface area contributed by atoms with Crippen molar-refractivity contribution in [3.8, 4) is 11.3 Å². The lowest BCUT2D eigenvalue weighted by Gasteiger charge is -2.15. The Hall–Kier alpha value is -4.26. The Labute approximate surface area is 197 Å². The van der Waals surface area contributed by atoms with Gasteiger partial charge in [-0.3, -0.25) is 19.0 Å². The van der Waals surface area contributed by atoms with Crippen molar-refractivity contribution < 1.29 is 9.59 Å². The van der Waals surface area contributed by atoms with E-state index in [4.69, 9.17) is 0 Å². The average Bonchev–Trinajstić information content (AvgIpc) is 2.79. The minimum absolute atomic E-state index is 0.171. The molecule has 2 amide bonds. The predicted molar refractivity (Wildman–Crippen MR) is 135 cm³/mol. The summed E-state index contributed by atoms with van der Waals surface area (Å²) < 4.78 is 1.42. The van der Waals surface area contributed by atoms with E-state index in [0.29, 0.717) is 28.0 Å². The number of hydrogen-bond acceptors (Lipinski definition) is 4. The second-order valence-corrected chi connectivity index (χ2v) is 8.42. The van der Waals surface area contributed by atoms with Crippen LogP contribution in [0.3, 0.4) is 0 Å². The molecule has 0 spiro atoms. The topological polar surface area (TPSA) is 93.1 Å². The van der Waals surface area contributed by atoms with E-state index in [1.165, 1.54) is 11.5 Å². The van der Waals surface area contributed by atoms with Gasteiger partial charge in [0.2, 0.25) is 11.8 Å². The summed E-state index contributed by atoms with van der Waals surface area (Å²) in [5.41, 5.74) is 5.67. The van der Waals surface area contributed by atoms with Crippen LogP contribution >= 0.6 is 0 Å². The molecule has 0 atom stereocenters. The van der Waals surface area contributed by atoms with Gasteiger partial charge >= 0.3 is 0 Å². The third-order valence-corrected chi connectivity index (χ3v) is 5.69. The van der Waals surface area contributed by atoms with Crippen molar-refractivity contribution in [2.45, 2.75) is 34.2 Å². The van der Waals surface area contributed by atoms with Crippen molar-refractivity contribution in [1.82, 2.24) is 9.55 Å². The van der Waals surface area contributed by atoms with Gasteiger partial charge in [-0.05, 0) is 68.3 Å². The first-order chi connectivity index (χ1) is 16.2. The van der Waals surface area contributed by atoms with E-state index in [-0.39, 0.29) is 24.1 Å². The number of carbonyl (C=O) groups excluding carboxylic acids is 2. The molecule has 0 saturated carbocycles. The van der Waals surface area contributed by atoms with E-state index in [1.54, 1.807) is 24.3 Å². The lowest BCUT2D eigenvalue weighted by molar-refractivity contribution is -0.117. The van der Waals surface area contributed by atoms with Crippen molar-refractivity contribution >= 4 is 34.2 Å². The number of nitrogens with zero attached hydrogens (tertiary/aromatic N) is 2. The smallest absolute Gasteiger partial charge is 0.278 e. The maximum absolute atomic E-state index is 13.6. The third kappa shape index (κ3) is 4.73. The molecule has 0 bridgehead atoms. The van der Waals surface area contributed by atoms with E-state index >= 15 is 0 Å². The molecule has 1 aromatic heterocycles. The Bertz CT molecular complexity index is 1490. The highest BCUT2D eigenvalue weighted by molar-refractivity contribution is 5.95. The Morgan fingerprint density at radius 3 is 2.41 bits per heavy atom. The number of fused-ring (bicyclic) bond motifs is 1. The highest BCUT2D eigenvalue weighted by atomic mass is 16.2. The standard InChI is InChI=1S/C27H26N4O3/c1-16-9-12-22(28-19(4)32)21(13-16)26-27(34)31(24-8-6-5-7-23(24)30-26)15-25(33)29-20-11-10-17(2)18(3)14-20/h5-14H,15H2,1-4H3,(H,28,32)(H,29,33). The molecule has 172 valence electrons. The van der Waals surface area contributed by atoms with Crippen LogP contribution in [0.5, 0.6) is 0 Å². The minimum atomic E-state index is -0.411. The second-order valence-electron chi connectivity index (χ2n) is 8.42. The molecule has 7 nitrogen and oxygen atoms in total. The van der Waals surface area contributed by atoms with Crippen molar-refractivity contribution in [3.63, 3.8) is 0 Å². The number of nitrogens with one attached hydrogen (secondary N) is 2. The lowest BCUT2D eigenvalue weighted by atomic mass is 10.1. The zero-order valence-corrected chi connectivity index (χ0v) is 19.6. The van der Waals surface area contributed by atoms with Crippen LogP contribution in [0, 0.1) is 20.8 Å². The van der Waals surface area contributed by atoms with Crippen LogP contribution in [0.25, 0.3) is 22.3 Å². The Balaban J connectivity index is 1.81. The molecule has 0 fully saturated rings. The number of benzene rings is 3. The highest BCUT2D eigenvalue weighted by Gasteiger charge is 2.18. The fraction of sp³-hybridized carbons (Fsp3) is 0.185. The van der Waals surface area contributed by atoms with E-state index in [9.17, 15) is 14.4 Å². The summed E-state index contributed by atoms with van der Waals surface area (Å²) >= 11 is 0. The molecular weight excluding hydrogens is 428 g/mol. The van der Waals surface area contributed by atoms with Gasteiger partial charge in [-0.15, -0.1) is 0 Å². The molecule has 0 radical (unpaired) electrons. The summed E-state index contributed by atoms with van der Waals surface area (Å²) in [4.78, 5) is 42.9. The van der Waals surface area contributed by atoms with Gasteiger partial charge in [-0.2, -0.15) is 0 Å². The first-order valence-corrected chi connectivity index (χ1v) is 11.0. The molecule has 0 aliphatic heterocycles. The van der Waals surface area contributed by atoms with Gasteiger partial charge in [0, 0.05) is 18.2 Å². The van der Waals surface area contributed by atoms with E-state index in [0.717, 1.165) is 16.7 Å². The first-order valence-electron chi connectivity index (χ1n) is 11.0. The van der Waals surface area contributed by atoms with Gasteiger partial charge < -0.3 is 10.6 Å². The van der Waals surface area contributed by atoms with Crippen LogP contribution in [-0.4, -0.2) is 21.4 Å². The Morgan fingerprint density at radius 2 is 1.68 bits per heavy atom. The number of rotatable bonds is 5. The quantitative estimate of drug-likeness (QED) is 0.461. The number of carbonyl (C=O) groups is 2. The van der Waals surface area contributed by atoms with Gasteiger partial charge in [0.05, 0.1) is 16.7 Å². The number of para-hydroxylation sites is 2. The zero-order chi connectivity index (χ0) is 24.4. The van der Waals surface area contributed by atoms with Crippen LogP contribution in [0.4, 0.5) is 11.4 Å². The minimum Gasteiger partial charge on any atom is -0.326 e. The molecule has 0 aliphatic carbocycles. The molecule has 0 unspecified atom stereocenters. The predicted octanol–water partition coefficient (Wildman–Crippen LogP) is 4.59. The molecule has 1 heterocycles. The molecule has 4 rings (SSSR count). The number of aryl methyl sites for hydroxylation is 3. The largest absolute Gasteiger partial charge is 0.326 e. The molecule has 0 aliphatic rings. The maximum Gasteiger partial charge on any atom is 0.278 e. The van der Waals surface area contributed by atoms with Gasteiger partial charge in [-0.25, -0.2) is 4.98 Å². The average molecular weight is 455 g/mol. The number of amides is 2. The number of aromatic nitrogens is 2. The second kappa shape index (κ2) is 9.31. The normalized spacial score (nSPS) is 10.8. The van der Waals surface area contributed by atoms with Crippen molar-refractivity contribution in [1.29, 1.82) is 0 Å². The Morgan fingerprint density at radius 1 is 0.912 bits per heavy atom. The van der Waals surface area contributed by atoms with Crippen molar-refractivity contribution in [2.75, 3.05) is 10.6 Å². The van der Waals surface area contributed by atoms with E-state index in [1.807, 2.05) is 57.2 Å².